The van der Waals surface area contributed by atoms with Crippen LogP contribution in [0.1, 0.15) is 52.8 Å². The van der Waals surface area contributed by atoms with Gasteiger partial charge in [0.25, 0.3) is 0 Å². The zero-order valence-electron chi connectivity index (χ0n) is 20.1. The zero-order chi connectivity index (χ0) is 23.8. The number of hydrogen-bond donors (Lipinski definition) is 0. The molecule has 0 spiro atoms. The number of ether oxygens (including phenoxy) is 2. The van der Waals surface area contributed by atoms with E-state index < -0.39 is 11.1 Å². The average Bonchev–Trinajstić information content (AvgIpc) is 3.16. The Morgan fingerprint density at radius 2 is 1.94 bits per heavy atom. The van der Waals surface area contributed by atoms with E-state index >= 15 is 0 Å². The van der Waals surface area contributed by atoms with Crippen molar-refractivity contribution in [2.24, 2.45) is 0 Å². The molecule has 4 atom stereocenters. The fraction of sp³-hybridized carbons (Fsp3) is 0.583. The van der Waals surface area contributed by atoms with Crippen LogP contribution in [0.15, 0.2) is 18.7 Å². The molecule has 10 heteroatoms. The summed E-state index contributed by atoms with van der Waals surface area (Å²) >= 11 is 0. The second-order valence-electron chi connectivity index (χ2n) is 10.5. The van der Waals surface area contributed by atoms with Crippen LogP contribution in [0, 0.1) is 6.92 Å². The van der Waals surface area contributed by atoms with Gasteiger partial charge in [0.2, 0.25) is 5.88 Å². The van der Waals surface area contributed by atoms with Crippen molar-refractivity contribution in [2.75, 3.05) is 0 Å². The highest BCUT2D eigenvalue weighted by Crippen LogP contribution is 2.59. The van der Waals surface area contributed by atoms with E-state index in [2.05, 4.69) is 31.8 Å². The molecule has 3 aromatic rings. The minimum Gasteiger partial charge on any atom is -0.471 e. The summed E-state index contributed by atoms with van der Waals surface area (Å²) in [7, 11) is 0. The first kappa shape index (κ1) is 21.4. The lowest BCUT2D eigenvalue weighted by molar-refractivity contribution is -0.218. The van der Waals surface area contributed by atoms with Gasteiger partial charge in [-0.05, 0) is 47.5 Å². The summed E-state index contributed by atoms with van der Waals surface area (Å²) < 4.78 is 14.2. The minimum absolute atomic E-state index is 0.0425. The fourth-order valence-corrected chi connectivity index (χ4v) is 5.82. The fourth-order valence-electron chi connectivity index (χ4n) is 5.82. The number of esters is 1. The summed E-state index contributed by atoms with van der Waals surface area (Å²) in [5.41, 5.74) is 1.22. The standard InChI is InChI=1S/C24H29N7O3/c1-6-30-19(14-10-25-13(2)26-11-14)29-18-20(30)27-12-28-21(18)33-17-7-15-8-24(9-16(17)31(15)24)22(32)34-23(3,4)5/h10-12,15-17H,6-9H2,1-5H3. The molecule has 6 heterocycles. The zero-order valence-corrected chi connectivity index (χ0v) is 20.1. The molecular formula is C24H29N7O3. The van der Waals surface area contributed by atoms with Crippen molar-refractivity contribution >= 4 is 17.1 Å². The van der Waals surface area contributed by atoms with Crippen LogP contribution in [0.5, 0.6) is 5.88 Å². The summed E-state index contributed by atoms with van der Waals surface area (Å²) in [5.74, 6) is 1.82. The van der Waals surface area contributed by atoms with Gasteiger partial charge in [-0.1, -0.05) is 0 Å². The largest absolute Gasteiger partial charge is 0.471 e. The van der Waals surface area contributed by atoms with Gasteiger partial charge in [-0.25, -0.2) is 19.9 Å². The van der Waals surface area contributed by atoms with Gasteiger partial charge in [0, 0.05) is 31.4 Å². The molecule has 0 aromatic carbocycles. The van der Waals surface area contributed by atoms with Crippen molar-refractivity contribution in [2.45, 2.75) is 89.8 Å². The summed E-state index contributed by atoms with van der Waals surface area (Å²) in [6.07, 6.45) is 7.49. The van der Waals surface area contributed by atoms with Gasteiger partial charge in [0.05, 0.1) is 11.6 Å². The van der Waals surface area contributed by atoms with Gasteiger partial charge in [-0.15, -0.1) is 0 Å². The third kappa shape index (κ3) is 3.04. The maximum atomic E-state index is 12.9. The highest BCUT2D eigenvalue weighted by molar-refractivity contribution is 5.85. The Morgan fingerprint density at radius 1 is 1.18 bits per heavy atom. The number of aryl methyl sites for hydroxylation is 2. The van der Waals surface area contributed by atoms with Crippen LogP contribution < -0.4 is 4.74 Å². The summed E-state index contributed by atoms with van der Waals surface area (Å²) in [4.78, 5) is 37.6. The topological polar surface area (TPSA) is 108 Å². The van der Waals surface area contributed by atoms with Crippen LogP contribution >= 0.6 is 0 Å². The first-order chi connectivity index (χ1) is 16.2. The smallest absolute Gasteiger partial charge is 0.327 e. The van der Waals surface area contributed by atoms with Crippen molar-refractivity contribution in [1.82, 2.24) is 34.4 Å². The van der Waals surface area contributed by atoms with E-state index in [-0.39, 0.29) is 18.1 Å². The van der Waals surface area contributed by atoms with E-state index in [0.717, 1.165) is 36.3 Å². The third-order valence-electron chi connectivity index (χ3n) is 7.19. The molecule has 0 N–H and O–H groups in total. The van der Waals surface area contributed by atoms with Gasteiger partial charge in [-0.3, -0.25) is 9.69 Å². The normalized spacial score (nSPS) is 27.7. The Morgan fingerprint density at radius 3 is 2.65 bits per heavy atom. The van der Waals surface area contributed by atoms with E-state index in [4.69, 9.17) is 14.5 Å². The molecule has 3 aromatic heterocycles. The predicted molar refractivity (Wildman–Crippen MR) is 123 cm³/mol. The molecule has 3 aliphatic heterocycles. The maximum Gasteiger partial charge on any atom is 0.327 e. The van der Waals surface area contributed by atoms with Crippen molar-refractivity contribution < 1.29 is 14.3 Å². The van der Waals surface area contributed by atoms with Crippen LogP contribution in [-0.2, 0) is 16.1 Å². The molecule has 6 rings (SSSR count). The SMILES string of the molecule is CCn1c(-c2cnc(C)nc2)nc2c(OC3CC4CC5(C(=O)OC(C)(C)C)CC3N45)ncnc21. The summed E-state index contributed by atoms with van der Waals surface area (Å²) in [5, 5.41) is 0. The van der Waals surface area contributed by atoms with E-state index in [9.17, 15) is 4.79 Å². The Balaban J connectivity index is 1.27. The number of imidazole rings is 1. The number of aromatic nitrogens is 6. The lowest BCUT2D eigenvalue weighted by atomic mass is 9.68. The molecule has 3 aliphatic rings. The molecule has 0 radical (unpaired) electrons. The van der Waals surface area contributed by atoms with Crippen LogP contribution in [0.25, 0.3) is 22.6 Å². The summed E-state index contributed by atoms with van der Waals surface area (Å²) in [6.45, 7) is 10.3. The van der Waals surface area contributed by atoms with E-state index in [1.807, 2.05) is 32.3 Å². The van der Waals surface area contributed by atoms with Gasteiger partial charge < -0.3 is 14.0 Å². The van der Waals surface area contributed by atoms with Gasteiger partial charge >= 0.3 is 5.97 Å². The van der Waals surface area contributed by atoms with Crippen LogP contribution in [0.2, 0.25) is 0 Å². The number of carbonyl (C=O) groups excluding carboxylic acids is 1. The third-order valence-corrected chi connectivity index (χ3v) is 7.19. The number of piperidine rings is 1. The first-order valence-electron chi connectivity index (χ1n) is 11.9. The maximum absolute atomic E-state index is 12.9. The predicted octanol–water partition coefficient (Wildman–Crippen LogP) is 2.69. The molecule has 4 unspecified atom stereocenters. The molecule has 0 bridgehead atoms. The molecule has 178 valence electrons. The number of hydrogen-bond acceptors (Lipinski definition) is 9. The van der Waals surface area contributed by atoms with Crippen molar-refractivity contribution in [3.05, 3.63) is 24.5 Å². The Labute approximate surface area is 197 Å². The first-order valence-corrected chi connectivity index (χ1v) is 11.9. The second kappa shape index (κ2) is 7.18. The Kier molecular flexibility index (Phi) is 4.52. The Bertz CT molecular complexity index is 1280. The van der Waals surface area contributed by atoms with Crippen molar-refractivity contribution in [1.29, 1.82) is 0 Å². The number of rotatable bonds is 5. The van der Waals surface area contributed by atoms with E-state index in [1.54, 1.807) is 12.4 Å². The minimum atomic E-state index is -0.484. The monoisotopic (exact) mass is 463 g/mol. The average molecular weight is 464 g/mol. The molecule has 34 heavy (non-hydrogen) atoms. The lowest BCUT2D eigenvalue weighted by Gasteiger charge is -2.64. The van der Waals surface area contributed by atoms with Gasteiger partial charge in [-0.2, -0.15) is 4.98 Å². The second-order valence-corrected chi connectivity index (χ2v) is 10.5. The van der Waals surface area contributed by atoms with Crippen molar-refractivity contribution in [3.63, 3.8) is 0 Å². The van der Waals surface area contributed by atoms with Crippen LogP contribution in [0.4, 0.5) is 0 Å². The lowest BCUT2D eigenvalue weighted by Crippen LogP contribution is -2.79. The van der Waals surface area contributed by atoms with E-state index in [1.165, 1.54) is 6.33 Å². The molecule has 3 fully saturated rings. The molecule has 0 saturated carbocycles. The van der Waals surface area contributed by atoms with Crippen molar-refractivity contribution in [3.8, 4) is 17.3 Å². The molecular weight excluding hydrogens is 434 g/mol. The quantitative estimate of drug-likeness (QED) is 0.528. The Hall–Kier alpha value is -3.14. The van der Waals surface area contributed by atoms with Crippen LogP contribution in [0.3, 0.4) is 0 Å². The van der Waals surface area contributed by atoms with E-state index in [0.29, 0.717) is 29.8 Å². The van der Waals surface area contributed by atoms with Gasteiger partial charge in [0.1, 0.15) is 35.2 Å². The highest BCUT2D eigenvalue weighted by atomic mass is 16.6. The molecule has 3 saturated heterocycles. The summed E-state index contributed by atoms with van der Waals surface area (Å²) in [6, 6.07) is 0.538. The molecule has 0 amide bonds. The van der Waals surface area contributed by atoms with Crippen LogP contribution in [-0.4, -0.2) is 69.7 Å². The molecule has 0 aliphatic carbocycles. The highest BCUT2D eigenvalue weighted by Gasteiger charge is 2.74. The van der Waals surface area contributed by atoms with Gasteiger partial charge in [0.15, 0.2) is 11.2 Å². The number of nitrogens with zero attached hydrogens (tertiary/aromatic N) is 7. The number of carbonyl (C=O) groups is 1. The molecule has 10 nitrogen and oxygen atoms in total. The number of fused-ring (bicyclic) bond motifs is 1.